The van der Waals surface area contributed by atoms with Gasteiger partial charge < -0.3 is 0 Å². The van der Waals surface area contributed by atoms with Crippen LogP contribution in [-0.4, -0.2) is 0 Å². The number of hydrogen-bond donors (Lipinski definition) is 0. The molecule has 0 atom stereocenters. The molecule has 0 heteroatoms. The Balaban J connectivity index is 0.000000101. The summed E-state index contributed by atoms with van der Waals surface area (Å²) in [7, 11) is 0. The molecule has 0 saturated heterocycles. The fourth-order valence-electron chi connectivity index (χ4n) is 4.67. The van der Waals surface area contributed by atoms with Gasteiger partial charge in [-0.15, -0.1) is 0 Å². The zero-order valence-corrected chi connectivity index (χ0v) is 11.5. The molecule has 0 heterocycles. The van der Waals surface area contributed by atoms with Gasteiger partial charge in [-0.25, -0.2) is 0 Å². The maximum absolute atomic E-state index is 2.37. The van der Waals surface area contributed by atoms with E-state index in [9.17, 15) is 0 Å². The van der Waals surface area contributed by atoms with Gasteiger partial charge in [0.15, 0.2) is 0 Å². The molecule has 0 aromatic carbocycles. The lowest BCUT2D eigenvalue weighted by Gasteiger charge is -2.64. The summed E-state index contributed by atoms with van der Waals surface area (Å²) in [5, 5.41) is 0. The van der Waals surface area contributed by atoms with E-state index in [1.165, 1.54) is 11.8 Å². The summed E-state index contributed by atoms with van der Waals surface area (Å²) in [6, 6.07) is 0. The van der Waals surface area contributed by atoms with Crippen molar-refractivity contribution in [3.63, 3.8) is 0 Å². The van der Waals surface area contributed by atoms with E-state index < -0.39 is 0 Å². The summed E-state index contributed by atoms with van der Waals surface area (Å²) in [5.74, 6) is 6.59. The average Bonchev–Trinajstić information content (AvgIpc) is 1.65. The van der Waals surface area contributed by atoms with Crippen molar-refractivity contribution in [2.75, 3.05) is 0 Å². The summed E-state index contributed by atoms with van der Waals surface area (Å²) in [6.45, 7) is 9.47. The fourth-order valence-corrected chi connectivity index (χ4v) is 4.67. The van der Waals surface area contributed by atoms with Crippen LogP contribution in [0, 0.1) is 40.9 Å². The summed E-state index contributed by atoms with van der Waals surface area (Å²) in [5.41, 5.74) is 0.866. The van der Waals surface area contributed by atoms with Gasteiger partial charge in [-0.3, -0.25) is 0 Å². The lowest BCUT2D eigenvalue weighted by molar-refractivity contribution is -0.141. The Labute approximate surface area is 101 Å². The predicted octanol–water partition coefficient (Wildman–Crippen LogP) is 4.74. The molecule has 0 aromatic heterocycles. The van der Waals surface area contributed by atoms with Crippen LogP contribution in [0.25, 0.3) is 0 Å². The zero-order valence-electron chi connectivity index (χ0n) is 11.5. The Morgan fingerprint density at radius 3 is 1.38 bits per heavy atom. The molecule has 6 fully saturated rings. The third-order valence-electron chi connectivity index (χ3n) is 6.38. The van der Waals surface area contributed by atoms with Crippen LogP contribution in [0.2, 0.25) is 0 Å². The Kier molecular flexibility index (Phi) is 2.43. The fraction of sp³-hybridized carbons (Fsp3) is 1.00. The van der Waals surface area contributed by atoms with E-state index in [0.29, 0.717) is 0 Å². The first-order chi connectivity index (χ1) is 7.52. The van der Waals surface area contributed by atoms with Crippen LogP contribution in [0.3, 0.4) is 0 Å². The van der Waals surface area contributed by atoms with Crippen molar-refractivity contribution >= 4 is 0 Å². The Morgan fingerprint density at radius 2 is 1.38 bits per heavy atom. The zero-order chi connectivity index (χ0) is 11.5. The molecular weight excluding hydrogens is 192 g/mol. The van der Waals surface area contributed by atoms with Crippen molar-refractivity contribution in [2.24, 2.45) is 40.9 Å². The summed E-state index contributed by atoms with van der Waals surface area (Å²) < 4.78 is 0. The molecule has 0 radical (unpaired) electrons. The van der Waals surface area contributed by atoms with E-state index in [-0.39, 0.29) is 0 Å². The van der Waals surface area contributed by atoms with Gasteiger partial charge in [0.1, 0.15) is 0 Å². The Morgan fingerprint density at radius 1 is 0.875 bits per heavy atom. The van der Waals surface area contributed by atoms with Gasteiger partial charge in [-0.05, 0) is 73.0 Å². The third-order valence-corrected chi connectivity index (χ3v) is 6.38. The quantitative estimate of drug-likeness (QED) is 0.630. The lowest BCUT2D eigenvalue weighted by atomic mass is 9.41. The number of rotatable bonds is 2. The van der Waals surface area contributed by atoms with Crippen molar-refractivity contribution in [3.8, 4) is 0 Å². The molecule has 16 heavy (non-hydrogen) atoms. The number of hydrogen-bond acceptors (Lipinski definition) is 0. The van der Waals surface area contributed by atoms with Gasteiger partial charge in [0.05, 0.1) is 0 Å². The van der Waals surface area contributed by atoms with Crippen LogP contribution in [-0.2, 0) is 0 Å². The molecule has 6 aliphatic carbocycles. The van der Waals surface area contributed by atoms with Gasteiger partial charge in [0.25, 0.3) is 0 Å². The Bertz CT molecular complexity index is 242. The first-order valence-corrected chi connectivity index (χ1v) is 7.52. The van der Waals surface area contributed by atoms with Gasteiger partial charge in [-0.2, -0.15) is 0 Å². The maximum atomic E-state index is 2.37. The van der Waals surface area contributed by atoms with Crippen LogP contribution < -0.4 is 0 Å². The van der Waals surface area contributed by atoms with E-state index in [1.807, 2.05) is 0 Å². The van der Waals surface area contributed by atoms with Gasteiger partial charge in [-0.1, -0.05) is 27.7 Å². The monoisotopic (exact) mass is 220 g/mol. The van der Waals surface area contributed by atoms with Crippen LogP contribution >= 0.6 is 0 Å². The van der Waals surface area contributed by atoms with Crippen LogP contribution in [0.1, 0.15) is 59.8 Å². The first-order valence-electron chi connectivity index (χ1n) is 7.52. The van der Waals surface area contributed by atoms with Gasteiger partial charge in [0.2, 0.25) is 0 Å². The molecule has 6 saturated carbocycles. The highest BCUT2D eigenvalue weighted by Gasteiger charge is 2.57. The molecule has 0 aliphatic heterocycles. The second kappa shape index (κ2) is 3.50. The molecular formula is C16H28. The van der Waals surface area contributed by atoms with Crippen molar-refractivity contribution in [3.05, 3.63) is 0 Å². The molecule has 0 unspecified atom stereocenters. The Hall–Kier alpha value is 0. The van der Waals surface area contributed by atoms with E-state index in [1.54, 1.807) is 32.1 Å². The van der Waals surface area contributed by atoms with Crippen molar-refractivity contribution in [2.45, 2.75) is 59.8 Å². The van der Waals surface area contributed by atoms with Crippen LogP contribution in [0.4, 0.5) is 0 Å². The topological polar surface area (TPSA) is 0 Å². The summed E-state index contributed by atoms with van der Waals surface area (Å²) in [4.78, 5) is 0. The minimum absolute atomic E-state index is 0.866. The molecule has 0 spiro atoms. The summed E-state index contributed by atoms with van der Waals surface area (Å²) >= 11 is 0. The third kappa shape index (κ3) is 1.41. The first kappa shape index (κ1) is 11.1. The minimum atomic E-state index is 0.866. The van der Waals surface area contributed by atoms with Gasteiger partial charge >= 0.3 is 0 Å². The second-order valence-electron chi connectivity index (χ2n) is 7.81. The van der Waals surface area contributed by atoms with E-state index >= 15 is 0 Å². The van der Waals surface area contributed by atoms with E-state index in [0.717, 1.165) is 29.1 Å². The van der Waals surface area contributed by atoms with Crippen molar-refractivity contribution < 1.29 is 0 Å². The van der Waals surface area contributed by atoms with Crippen molar-refractivity contribution in [1.82, 2.24) is 0 Å². The molecule has 4 bridgehead atoms. The molecule has 92 valence electrons. The molecule has 0 amide bonds. The SMILES string of the molecule is CC(C)C12CC(C1)C2.CC(C)C1C2CC1C2. The normalized spacial score (nSPS) is 50.6. The molecule has 0 aromatic rings. The highest BCUT2D eigenvalue weighted by Crippen LogP contribution is 2.67. The van der Waals surface area contributed by atoms with Crippen LogP contribution in [0.5, 0.6) is 0 Å². The standard InChI is InChI=1S/2C8H14/c1-6(2)8-3-7(4-8)5-8;1-5(2)8-6-3-7(8)4-6/h6-7H,3-5H2,1-2H3;5-8H,3-4H2,1-2H3. The molecule has 0 nitrogen and oxygen atoms in total. The van der Waals surface area contributed by atoms with Crippen molar-refractivity contribution in [1.29, 1.82) is 0 Å². The highest BCUT2D eigenvalue weighted by molar-refractivity contribution is 5.07. The average molecular weight is 220 g/mol. The lowest BCUT2D eigenvalue weighted by Crippen LogP contribution is -2.54. The van der Waals surface area contributed by atoms with E-state index in [4.69, 9.17) is 0 Å². The summed E-state index contributed by atoms with van der Waals surface area (Å²) in [6.07, 6.45) is 7.83. The minimum Gasteiger partial charge on any atom is -0.0625 e. The van der Waals surface area contributed by atoms with Crippen LogP contribution in [0.15, 0.2) is 0 Å². The molecule has 0 N–H and O–H groups in total. The maximum Gasteiger partial charge on any atom is -0.0267 e. The molecule has 6 rings (SSSR count). The van der Waals surface area contributed by atoms with Gasteiger partial charge in [0, 0.05) is 0 Å². The largest absolute Gasteiger partial charge is 0.0625 e. The smallest absolute Gasteiger partial charge is 0.0267 e. The van der Waals surface area contributed by atoms with E-state index in [2.05, 4.69) is 27.7 Å². The highest BCUT2D eigenvalue weighted by atomic mass is 14.6. The molecule has 6 aliphatic rings. The second-order valence-corrected chi connectivity index (χ2v) is 7.81. The predicted molar refractivity (Wildman–Crippen MR) is 69.2 cm³/mol.